The molecule has 0 radical (unpaired) electrons. The minimum absolute atomic E-state index is 0.0589. The minimum atomic E-state index is -3.91. The molecule has 0 heterocycles. The summed E-state index contributed by atoms with van der Waals surface area (Å²) in [5.41, 5.74) is 0.636. The predicted octanol–water partition coefficient (Wildman–Crippen LogP) is 3.32. The van der Waals surface area contributed by atoms with E-state index in [1.807, 2.05) is 0 Å². The highest BCUT2D eigenvalue weighted by molar-refractivity contribution is 9.10. The molecule has 20 heavy (non-hydrogen) atoms. The van der Waals surface area contributed by atoms with Crippen molar-refractivity contribution in [3.63, 3.8) is 0 Å². The van der Waals surface area contributed by atoms with E-state index in [1.54, 1.807) is 13.0 Å². The van der Waals surface area contributed by atoms with Crippen LogP contribution < -0.4 is 4.74 Å². The highest BCUT2D eigenvalue weighted by Crippen LogP contribution is 2.33. The number of carboxylic acid groups (broad SMARTS) is 1. The zero-order valence-corrected chi connectivity index (χ0v) is 13.9. The second-order valence-electron chi connectivity index (χ2n) is 4.19. The molecule has 0 bridgehead atoms. The summed E-state index contributed by atoms with van der Waals surface area (Å²) in [4.78, 5) is 10.3. The van der Waals surface area contributed by atoms with E-state index in [4.69, 9.17) is 20.5 Å². The fourth-order valence-electron chi connectivity index (χ4n) is 1.62. The molecule has 1 N–H and O–H groups in total. The molecule has 5 nitrogen and oxygen atoms in total. The van der Waals surface area contributed by atoms with Gasteiger partial charge < -0.3 is 9.84 Å². The van der Waals surface area contributed by atoms with Gasteiger partial charge in [-0.1, -0.05) is 15.9 Å². The first-order valence-corrected chi connectivity index (χ1v) is 8.91. The molecule has 0 atom stereocenters. The number of rotatable bonds is 7. The number of aryl methyl sites for hydroxylation is 1. The van der Waals surface area contributed by atoms with E-state index in [0.29, 0.717) is 22.9 Å². The Labute approximate surface area is 130 Å². The lowest BCUT2D eigenvalue weighted by Gasteiger charge is -2.13. The Hall–Kier alpha value is -0.790. The first-order chi connectivity index (χ1) is 9.21. The Morgan fingerprint density at radius 1 is 1.40 bits per heavy atom. The third kappa shape index (κ3) is 5.30. The van der Waals surface area contributed by atoms with Crippen LogP contribution in [-0.4, -0.2) is 26.1 Å². The summed E-state index contributed by atoms with van der Waals surface area (Å²) in [6.45, 7) is 1.94. The van der Waals surface area contributed by atoms with Crippen LogP contribution in [0.2, 0.25) is 0 Å². The quantitative estimate of drug-likeness (QED) is 0.575. The van der Waals surface area contributed by atoms with Crippen molar-refractivity contribution in [2.75, 3.05) is 6.61 Å². The molecule has 1 aromatic carbocycles. The monoisotopic (exact) mass is 384 g/mol. The highest BCUT2D eigenvalue weighted by Gasteiger charge is 2.20. The summed E-state index contributed by atoms with van der Waals surface area (Å²) in [5, 5.41) is 8.51. The molecule has 0 saturated carbocycles. The number of benzene rings is 1. The number of unbranched alkanes of at least 4 members (excludes halogenated alkanes) is 1. The van der Waals surface area contributed by atoms with Crippen molar-refractivity contribution >= 4 is 41.6 Å². The molecule has 0 fully saturated rings. The van der Waals surface area contributed by atoms with Crippen molar-refractivity contribution in [1.82, 2.24) is 0 Å². The van der Waals surface area contributed by atoms with Gasteiger partial charge in [0.15, 0.2) is 0 Å². The van der Waals surface area contributed by atoms with Crippen LogP contribution in [0.15, 0.2) is 21.5 Å². The number of carboxylic acids is 1. The van der Waals surface area contributed by atoms with Gasteiger partial charge in [-0.25, -0.2) is 8.42 Å². The van der Waals surface area contributed by atoms with E-state index in [1.165, 1.54) is 6.07 Å². The summed E-state index contributed by atoms with van der Waals surface area (Å²) < 4.78 is 29.1. The number of carbonyl (C=O) groups is 1. The zero-order chi connectivity index (χ0) is 15.3. The van der Waals surface area contributed by atoms with Crippen LogP contribution in [0.25, 0.3) is 0 Å². The van der Waals surface area contributed by atoms with E-state index in [9.17, 15) is 13.2 Å². The van der Waals surface area contributed by atoms with Gasteiger partial charge in [-0.3, -0.25) is 4.79 Å². The maximum Gasteiger partial charge on any atom is 0.303 e. The van der Waals surface area contributed by atoms with Gasteiger partial charge in [0.05, 0.1) is 6.61 Å². The summed E-state index contributed by atoms with van der Waals surface area (Å²) in [6.07, 6.45) is 1.04. The van der Waals surface area contributed by atoms with Crippen LogP contribution in [0.3, 0.4) is 0 Å². The van der Waals surface area contributed by atoms with Crippen molar-refractivity contribution < 1.29 is 23.1 Å². The maximum absolute atomic E-state index is 11.5. The fraction of sp³-hybridized carbons (Fsp3) is 0.417. The van der Waals surface area contributed by atoms with Gasteiger partial charge in [-0.2, -0.15) is 0 Å². The molecule has 0 unspecified atom stereocenters. The van der Waals surface area contributed by atoms with Crippen molar-refractivity contribution in [2.24, 2.45) is 0 Å². The number of hydrogen-bond donors (Lipinski definition) is 1. The SMILES string of the molecule is Cc1cc(Br)cc(S(=O)(=O)Cl)c1OCCCCC(=O)O. The van der Waals surface area contributed by atoms with Crippen LogP contribution in [0, 0.1) is 6.92 Å². The number of hydrogen-bond acceptors (Lipinski definition) is 4. The van der Waals surface area contributed by atoms with Gasteiger partial charge in [-0.15, -0.1) is 0 Å². The van der Waals surface area contributed by atoms with Gasteiger partial charge in [0.1, 0.15) is 10.6 Å². The Bertz CT molecular complexity index is 600. The highest BCUT2D eigenvalue weighted by atomic mass is 79.9. The third-order valence-corrected chi connectivity index (χ3v) is 4.28. The predicted molar refractivity (Wildman–Crippen MR) is 78.9 cm³/mol. The molecular weight excluding hydrogens is 372 g/mol. The minimum Gasteiger partial charge on any atom is -0.492 e. The summed E-state index contributed by atoms with van der Waals surface area (Å²) >= 11 is 3.20. The van der Waals surface area contributed by atoms with Crippen LogP contribution in [-0.2, 0) is 13.8 Å². The molecule has 1 rings (SSSR count). The maximum atomic E-state index is 11.5. The summed E-state index contributed by atoms with van der Waals surface area (Å²) in [5.74, 6) is -0.660. The van der Waals surface area contributed by atoms with Gasteiger partial charge >= 0.3 is 5.97 Å². The van der Waals surface area contributed by atoms with E-state index in [0.717, 1.165) is 0 Å². The number of halogens is 2. The zero-order valence-electron chi connectivity index (χ0n) is 10.7. The number of ether oxygens (including phenoxy) is 1. The Balaban J connectivity index is 2.81. The van der Waals surface area contributed by atoms with E-state index >= 15 is 0 Å². The van der Waals surface area contributed by atoms with E-state index < -0.39 is 15.0 Å². The average molecular weight is 386 g/mol. The first kappa shape index (κ1) is 17.3. The fourth-order valence-corrected chi connectivity index (χ4v) is 3.39. The van der Waals surface area contributed by atoms with E-state index in [2.05, 4.69) is 15.9 Å². The largest absolute Gasteiger partial charge is 0.492 e. The first-order valence-electron chi connectivity index (χ1n) is 5.81. The molecule has 0 aliphatic heterocycles. The average Bonchev–Trinajstić information content (AvgIpc) is 2.28. The van der Waals surface area contributed by atoms with Crippen LogP contribution in [0.1, 0.15) is 24.8 Å². The van der Waals surface area contributed by atoms with Crippen LogP contribution in [0.5, 0.6) is 5.75 Å². The molecule has 0 aliphatic rings. The lowest BCUT2D eigenvalue weighted by molar-refractivity contribution is -0.137. The van der Waals surface area contributed by atoms with Gasteiger partial charge in [0, 0.05) is 21.6 Å². The Morgan fingerprint density at radius 3 is 2.60 bits per heavy atom. The normalized spacial score (nSPS) is 11.3. The molecule has 112 valence electrons. The third-order valence-electron chi connectivity index (χ3n) is 2.50. The summed E-state index contributed by atoms with van der Waals surface area (Å²) in [7, 11) is 1.47. The van der Waals surface area contributed by atoms with E-state index in [-0.39, 0.29) is 23.7 Å². The van der Waals surface area contributed by atoms with Crippen molar-refractivity contribution in [3.05, 3.63) is 22.2 Å². The molecular formula is C12H14BrClO5S. The van der Waals surface area contributed by atoms with Crippen LogP contribution >= 0.6 is 26.6 Å². The Morgan fingerprint density at radius 2 is 2.05 bits per heavy atom. The molecule has 0 saturated heterocycles. The smallest absolute Gasteiger partial charge is 0.303 e. The van der Waals surface area contributed by atoms with Gasteiger partial charge in [0.25, 0.3) is 9.05 Å². The van der Waals surface area contributed by atoms with Crippen LogP contribution in [0.4, 0.5) is 0 Å². The second kappa shape index (κ2) is 7.28. The standard InChI is InChI=1S/C12H14BrClO5S/c1-8-6-9(13)7-10(20(14,17)18)12(8)19-5-3-2-4-11(15)16/h6-7H,2-5H2,1H3,(H,15,16). The topological polar surface area (TPSA) is 80.7 Å². The van der Waals surface area contributed by atoms with Crippen molar-refractivity contribution in [1.29, 1.82) is 0 Å². The van der Waals surface area contributed by atoms with Crippen molar-refractivity contribution in [3.8, 4) is 5.75 Å². The summed E-state index contributed by atoms with van der Waals surface area (Å²) in [6, 6.07) is 3.10. The molecule has 8 heteroatoms. The molecule has 0 amide bonds. The lowest BCUT2D eigenvalue weighted by atomic mass is 10.2. The van der Waals surface area contributed by atoms with Gasteiger partial charge in [-0.05, 0) is 37.5 Å². The molecule has 0 spiro atoms. The molecule has 0 aromatic heterocycles. The second-order valence-corrected chi connectivity index (χ2v) is 7.64. The van der Waals surface area contributed by atoms with Gasteiger partial charge in [0.2, 0.25) is 0 Å². The lowest BCUT2D eigenvalue weighted by Crippen LogP contribution is -2.05. The molecule has 1 aromatic rings. The Kier molecular flexibility index (Phi) is 6.29. The number of aliphatic carboxylic acids is 1. The molecule has 0 aliphatic carbocycles. The van der Waals surface area contributed by atoms with Crippen molar-refractivity contribution in [2.45, 2.75) is 31.1 Å².